The van der Waals surface area contributed by atoms with Crippen molar-refractivity contribution >= 4 is 11.9 Å². The molecule has 4 atom stereocenters. The van der Waals surface area contributed by atoms with Crippen LogP contribution in [0.15, 0.2) is 60.7 Å². The number of fused-ring (bicyclic) bond motifs is 7. The minimum absolute atomic E-state index is 0.127. The Hall–Kier alpha value is -5.42. The van der Waals surface area contributed by atoms with Crippen LogP contribution < -0.4 is 28.4 Å². The summed E-state index contributed by atoms with van der Waals surface area (Å²) in [6.45, 7) is 6.37. The molecule has 11 nitrogen and oxygen atoms in total. The highest BCUT2D eigenvalue weighted by atomic mass is 16.5. The predicted molar refractivity (Wildman–Crippen MR) is 202 cm³/mol. The van der Waals surface area contributed by atoms with Gasteiger partial charge in [-0.15, -0.1) is 0 Å². The number of ether oxygens (including phenoxy) is 7. The molecule has 0 N–H and O–H groups in total. The molecule has 3 heterocycles. The van der Waals surface area contributed by atoms with Gasteiger partial charge in [0.15, 0.2) is 29.0 Å². The van der Waals surface area contributed by atoms with Crippen LogP contribution >= 0.6 is 0 Å². The molecule has 3 aliphatic heterocycles. The maximum atomic E-state index is 15.1. The predicted octanol–water partition coefficient (Wildman–Crippen LogP) is 6.46. The van der Waals surface area contributed by atoms with Crippen molar-refractivity contribution in [3.05, 3.63) is 105 Å². The molecule has 0 aliphatic carbocycles. The monoisotopic (exact) mass is 736 g/mol. The van der Waals surface area contributed by atoms with E-state index in [1.807, 2.05) is 81.6 Å². The number of methoxy groups -OCH3 is 4. The van der Waals surface area contributed by atoms with E-state index in [0.29, 0.717) is 59.5 Å². The molecule has 284 valence electrons. The summed E-state index contributed by atoms with van der Waals surface area (Å²) >= 11 is 0. The fraction of sp³-hybridized carbons (Fsp3) is 0.395. The van der Waals surface area contributed by atoms with Gasteiger partial charge in [0.25, 0.3) is 0 Å². The SMILES string of the molecule is CCOC(=O)[C@H]1c2c(c(OCc3ccccc3)c(C)c(OC)c2OC)C[C@@H]2[C@@H]3c4c(c(OCc5ccccc5)c(C)c(OC)c4OC)C[C@H](C(=O)N21)N3C. The van der Waals surface area contributed by atoms with E-state index in [1.54, 1.807) is 40.3 Å². The summed E-state index contributed by atoms with van der Waals surface area (Å²) in [5, 5.41) is 0. The van der Waals surface area contributed by atoms with Crippen LogP contribution in [0.5, 0.6) is 34.5 Å². The third-order valence-corrected chi connectivity index (χ3v) is 11.1. The third-order valence-electron chi connectivity index (χ3n) is 11.1. The van der Waals surface area contributed by atoms with Crippen LogP contribution in [0.2, 0.25) is 0 Å². The molecule has 4 aromatic carbocycles. The molecule has 0 aromatic heterocycles. The Morgan fingerprint density at radius 1 is 0.685 bits per heavy atom. The second-order valence-electron chi connectivity index (χ2n) is 13.9. The summed E-state index contributed by atoms with van der Waals surface area (Å²) in [6.07, 6.45) is 0.668. The Balaban J connectivity index is 1.46. The number of hydrogen-bond acceptors (Lipinski definition) is 10. The smallest absolute Gasteiger partial charge is 0.333 e. The number of rotatable bonds is 12. The van der Waals surface area contributed by atoms with E-state index in [9.17, 15) is 4.79 Å². The van der Waals surface area contributed by atoms with E-state index >= 15 is 4.79 Å². The minimum Gasteiger partial charge on any atom is -0.492 e. The van der Waals surface area contributed by atoms with E-state index in [4.69, 9.17) is 33.2 Å². The Bertz CT molecular complexity index is 2050. The van der Waals surface area contributed by atoms with Gasteiger partial charge < -0.3 is 38.1 Å². The van der Waals surface area contributed by atoms with Gasteiger partial charge in [0.05, 0.1) is 53.2 Å². The largest absolute Gasteiger partial charge is 0.492 e. The van der Waals surface area contributed by atoms with Gasteiger partial charge in [0.2, 0.25) is 5.91 Å². The summed E-state index contributed by atoms with van der Waals surface area (Å²) in [4.78, 5) is 33.2. The van der Waals surface area contributed by atoms with Crippen molar-refractivity contribution in [3.8, 4) is 34.5 Å². The van der Waals surface area contributed by atoms with Gasteiger partial charge in [0.1, 0.15) is 24.7 Å². The minimum atomic E-state index is -1.14. The quantitative estimate of drug-likeness (QED) is 0.151. The topological polar surface area (TPSA) is 105 Å². The number of hydrogen-bond donors (Lipinski definition) is 0. The molecule has 2 bridgehead atoms. The zero-order valence-electron chi connectivity index (χ0n) is 32.2. The first kappa shape index (κ1) is 36.9. The van der Waals surface area contributed by atoms with Crippen LogP contribution in [-0.2, 0) is 40.4 Å². The maximum absolute atomic E-state index is 15.1. The van der Waals surface area contributed by atoms with Gasteiger partial charge >= 0.3 is 5.97 Å². The van der Waals surface area contributed by atoms with Crippen molar-refractivity contribution in [3.63, 3.8) is 0 Å². The van der Waals surface area contributed by atoms with E-state index in [2.05, 4.69) is 4.90 Å². The molecular weight excluding hydrogens is 688 g/mol. The first-order valence-corrected chi connectivity index (χ1v) is 18.3. The van der Waals surface area contributed by atoms with E-state index in [-0.39, 0.29) is 19.1 Å². The average Bonchev–Trinajstić information content (AvgIpc) is 3.18. The highest BCUT2D eigenvalue weighted by Gasteiger charge is 2.58. The molecule has 1 fully saturated rings. The molecule has 54 heavy (non-hydrogen) atoms. The van der Waals surface area contributed by atoms with Crippen molar-refractivity contribution in [2.45, 2.75) is 71.0 Å². The number of piperazine rings is 1. The summed E-state index contributed by atoms with van der Waals surface area (Å²) in [5.74, 6) is 2.43. The van der Waals surface area contributed by atoms with Crippen molar-refractivity contribution in [2.24, 2.45) is 0 Å². The fourth-order valence-electron chi connectivity index (χ4n) is 8.79. The number of carbonyl (C=O) groups excluding carboxylic acids is 2. The summed E-state index contributed by atoms with van der Waals surface area (Å²) in [5.41, 5.74) is 6.53. The highest BCUT2D eigenvalue weighted by Crippen LogP contribution is 2.58. The summed E-state index contributed by atoms with van der Waals surface area (Å²) in [6, 6.07) is 17.1. The van der Waals surface area contributed by atoms with Crippen LogP contribution in [0.3, 0.4) is 0 Å². The van der Waals surface area contributed by atoms with Crippen LogP contribution in [0.1, 0.15) is 63.5 Å². The molecule has 1 amide bonds. The standard InChI is InChI=1S/C43H48N2O9/c1-9-52-43(47)35-33-28(36(24(2)39(49-6)41(33)51-8)53-22-26-16-12-10-13-17-26)20-30-34-32-29(21-31(44(34)4)42(46)45(30)35)37(25(3)38(48-5)40(32)50-7)54-23-27-18-14-11-15-19-27/h10-19,30-31,34-35H,9,20-23H2,1-8H3/t30-,31-,34-,35-/m1/s1. The molecule has 0 saturated carbocycles. The zero-order chi connectivity index (χ0) is 38.3. The number of nitrogens with zero attached hydrogens (tertiary/aromatic N) is 2. The molecule has 1 saturated heterocycles. The van der Waals surface area contributed by atoms with Crippen molar-refractivity contribution in [1.29, 1.82) is 0 Å². The average molecular weight is 737 g/mol. The molecule has 11 heteroatoms. The lowest BCUT2D eigenvalue weighted by molar-refractivity contribution is -0.169. The second-order valence-corrected chi connectivity index (χ2v) is 13.9. The van der Waals surface area contributed by atoms with Gasteiger partial charge in [-0.1, -0.05) is 60.7 Å². The van der Waals surface area contributed by atoms with Crippen molar-refractivity contribution in [2.75, 3.05) is 42.1 Å². The molecule has 0 unspecified atom stereocenters. The molecule has 3 aliphatic rings. The third kappa shape index (κ3) is 5.95. The second kappa shape index (κ2) is 15.1. The Kier molecular flexibility index (Phi) is 10.3. The van der Waals surface area contributed by atoms with Gasteiger partial charge in [-0.25, -0.2) is 4.79 Å². The lowest BCUT2D eigenvalue weighted by Crippen LogP contribution is -2.67. The molecular formula is C43H48N2O9. The molecule has 0 spiro atoms. The molecule has 4 aromatic rings. The Morgan fingerprint density at radius 2 is 1.17 bits per heavy atom. The van der Waals surface area contributed by atoms with Gasteiger partial charge in [-0.2, -0.15) is 0 Å². The number of esters is 1. The van der Waals surface area contributed by atoms with E-state index < -0.39 is 30.1 Å². The lowest BCUT2D eigenvalue weighted by Gasteiger charge is -2.57. The highest BCUT2D eigenvalue weighted by molar-refractivity contribution is 5.93. The zero-order valence-corrected chi connectivity index (χ0v) is 32.2. The first-order chi connectivity index (χ1) is 26.2. The Labute approximate surface area is 316 Å². The molecule has 7 rings (SSSR count). The fourth-order valence-corrected chi connectivity index (χ4v) is 8.79. The number of amides is 1. The first-order valence-electron chi connectivity index (χ1n) is 18.3. The van der Waals surface area contributed by atoms with Crippen LogP contribution in [0.4, 0.5) is 0 Å². The number of carbonyl (C=O) groups is 2. The van der Waals surface area contributed by atoms with Gasteiger partial charge in [-0.05, 0) is 45.4 Å². The normalized spacial score (nSPS) is 19.9. The van der Waals surface area contributed by atoms with Crippen molar-refractivity contribution < 1.29 is 42.7 Å². The summed E-state index contributed by atoms with van der Waals surface area (Å²) < 4.78 is 43.3. The Morgan fingerprint density at radius 3 is 1.65 bits per heavy atom. The molecule has 0 radical (unpaired) electrons. The summed E-state index contributed by atoms with van der Waals surface area (Å²) in [7, 11) is 8.32. The van der Waals surface area contributed by atoms with E-state index in [0.717, 1.165) is 38.9 Å². The number of likely N-dealkylation sites (N-methyl/N-ethyl adjacent to an activating group) is 1. The number of benzene rings is 4. The lowest BCUT2D eigenvalue weighted by atomic mass is 9.73. The van der Waals surface area contributed by atoms with Gasteiger partial charge in [-0.3, -0.25) is 9.69 Å². The van der Waals surface area contributed by atoms with Crippen molar-refractivity contribution in [1.82, 2.24) is 9.80 Å². The van der Waals surface area contributed by atoms with Crippen LogP contribution in [0.25, 0.3) is 0 Å². The van der Waals surface area contributed by atoms with E-state index in [1.165, 1.54) is 0 Å². The maximum Gasteiger partial charge on any atom is 0.333 e. The van der Waals surface area contributed by atoms with Crippen LogP contribution in [-0.4, -0.2) is 75.9 Å². The van der Waals surface area contributed by atoms with Crippen LogP contribution in [0, 0.1) is 13.8 Å². The van der Waals surface area contributed by atoms with Gasteiger partial charge in [0, 0.05) is 39.8 Å².